The molecule has 0 unspecified atom stereocenters. The average molecular weight is 301 g/mol. The van der Waals surface area contributed by atoms with Crippen molar-refractivity contribution in [2.45, 2.75) is 38.3 Å². The minimum atomic E-state index is -1.22. The zero-order chi connectivity index (χ0) is 16.0. The maximum Gasteiger partial charge on any atom is 0.326 e. The summed E-state index contributed by atoms with van der Waals surface area (Å²) in [6, 6.07) is -1.18. The first-order valence-electron chi connectivity index (χ1n) is 6.96. The Bertz CT molecular complexity index is 405. The van der Waals surface area contributed by atoms with Crippen molar-refractivity contribution in [2.75, 3.05) is 26.2 Å². The Morgan fingerprint density at radius 3 is 2.29 bits per heavy atom. The number of amides is 1. The average Bonchev–Trinajstić information content (AvgIpc) is 2.43. The van der Waals surface area contributed by atoms with Crippen molar-refractivity contribution in [3.63, 3.8) is 0 Å². The minimum Gasteiger partial charge on any atom is -0.481 e. The highest BCUT2D eigenvalue weighted by Gasteiger charge is 2.37. The zero-order valence-electron chi connectivity index (χ0n) is 12.4. The summed E-state index contributed by atoms with van der Waals surface area (Å²) in [5.41, 5.74) is -0.834. The molecule has 0 radical (unpaired) electrons. The highest BCUT2D eigenvalue weighted by atomic mass is 16.4. The number of nitrogens with zero attached hydrogens (tertiary/aromatic N) is 1. The van der Waals surface area contributed by atoms with E-state index >= 15 is 0 Å². The lowest BCUT2D eigenvalue weighted by Gasteiger charge is -2.40. The lowest BCUT2D eigenvalue weighted by molar-refractivity contribution is -0.145. The van der Waals surface area contributed by atoms with Crippen LogP contribution in [0.5, 0.6) is 0 Å². The molecule has 0 bridgehead atoms. The molecule has 0 aromatic carbocycles. The molecule has 0 aromatic rings. The van der Waals surface area contributed by atoms with E-state index in [1.807, 2.05) is 4.90 Å². The van der Waals surface area contributed by atoms with Gasteiger partial charge in [0.15, 0.2) is 0 Å². The molecule has 1 fully saturated rings. The van der Waals surface area contributed by atoms with Crippen molar-refractivity contribution in [2.24, 2.45) is 0 Å². The minimum absolute atomic E-state index is 0.131. The van der Waals surface area contributed by atoms with E-state index in [1.54, 1.807) is 13.8 Å². The van der Waals surface area contributed by atoms with Crippen molar-refractivity contribution in [3.8, 4) is 0 Å². The molecular weight excluding hydrogens is 278 g/mol. The molecular formula is C13H23N3O5. The lowest BCUT2D eigenvalue weighted by atomic mass is 9.99. The fraction of sp³-hybridized carbons (Fsp3) is 0.769. The van der Waals surface area contributed by atoms with Gasteiger partial charge in [-0.15, -0.1) is 0 Å². The van der Waals surface area contributed by atoms with Gasteiger partial charge in [-0.3, -0.25) is 14.5 Å². The third kappa shape index (κ3) is 4.98. The van der Waals surface area contributed by atoms with Gasteiger partial charge in [0, 0.05) is 32.6 Å². The Hall–Kier alpha value is -1.67. The van der Waals surface area contributed by atoms with Crippen LogP contribution in [0.25, 0.3) is 0 Å². The van der Waals surface area contributed by atoms with Crippen molar-refractivity contribution in [3.05, 3.63) is 0 Å². The second-order valence-electron chi connectivity index (χ2n) is 5.59. The van der Waals surface area contributed by atoms with E-state index in [9.17, 15) is 14.4 Å². The second kappa shape index (κ2) is 7.37. The fourth-order valence-corrected chi connectivity index (χ4v) is 2.23. The van der Waals surface area contributed by atoms with Crippen LogP contribution < -0.4 is 10.6 Å². The van der Waals surface area contributed by atoms with E-state index in [0.717, 1.165) is 13.1 Å². The van der Waals surface area contributed by atoms with E-state index in [2.05, 4.69) is 10.6 Å². The number of hydrogen-bond donors (Lipinski definition) is 4. The predicted molar refractivity (Wildman–Crippen MR) is 75.0 cm³/mol. The van der Waals surface area contributed by atoms with Crippen molar-refractivity contribution < 1.29 is 24.6 Å². The molecule has 1 aliphatic heterocycles. The molecule has 120 valence electrons. The molecule has 0 saturated carbocycles. The summed E-state index contributed by atoms with van der Waals surface area (Å²) in [6.45, 7) is 6.43. The van der Waals surface area contributed by atoms with Gasteiger partial charge in [-0.2, -0.15) is 0 Å². The molecule has 1 aliphatic rings. The highest BCUT2D eigenvalue weighted by molar-refractivity contribution is 5.89. The SMILES string of the molecule is CC(C)(C(=O)N[C@@H](CCC(=O)O)C(=O)O)N1CCNCC1. The summed E-state index contributed by atoms with van der Waals surface area (Å²) < 4.78 is 0. The monoisotopic (exact) mass is 301 g/mol. The van der Waals surface area contributed by atoms with Crippen molar-refractivity contribution >= 4 is 17.8 Å². The maximum absolute atomic E-state index is 12.3. The number of nitrogens with one attached hydrogen (secondary N) is 2. The first-order valence-corrected chi connectivity index (χ1v) is 6.96. The van der Waals surface area contributed by atoms with Gasteiger partial charge in [0.2, 0.25) is 5.91 Å². The van der Waals surface area contributed by atoms with E-state index in [-0.39, 0.29) is 12.8 Å². The topological polar surface area (TPSA) is 119 Å². The molecule has 0 aliphatic carbocycles. The van der Waals surface area contributed by atoms with Crippen LogP contribution in [0.3, 0.4) is 0 Å². The molecule has 1 amide bonds. The zero-order valence-corrected chi connectivity index (χ0v) is 12.4. The van der Waals surface area contributed by atoms with Crippen LogP contribution in [-0.4, -0.2) is 70.7 Å². The Balaban J connectivity index is 2.66. The maximum atomic E-state index is 12.3. The summed E-state index contributed by atoms with van der Waals surface area (Å²) >= 11 is 0. The number of aliphatic carboxylic acids is 2. The number of carboxylic acid groups (broad SMARTS) is 2. The third-order valence-corrected chi connectivity index (χ3v) is 3.71. The number of hydrogen-bond acceptors (Lipinski definition) is 5. The van der Waals surface area contributed by atoms with Gasteiger partial charge in [0.25, 0.3) is 0 Å². The van der Waals surface area contributed by atoms with Crippen LogP contribution in [0.4, 0.5) is 0 Å². The molecule has 21 heavy (non-hydrogen) atoms. The Morgan fingerprint density at radius 1 is 1.24 bits per heavy atom. The van der Waals surface area contributed by atoms with Gasteiger partial charge >= 0.3 is 11.9 Å². The molecule has 0 spiro atoms. The second-order valence-corrected chi connectivity index (χ2v) is 5.59. The molecule has 8 nitrogen and oxygen atoms in total. The summed E-state index contributed by atoms with van der Waals surface area (Å²) in [5.74, 6) is -2.71. The number of carboxylic acids is 2. The molecule has 1 heterocycles. The standard InChI is InChI=1S/C13H23N3O5/c1-13(2,16-7-5-14-6-8-16)12(21)15-9(11(19)20)3-4-10(17)18/h9,14H,3-8H2,1-2H3,(H,15,21)(H,17,18)(H,19,20)/t9-/m0/s1. The third-order valence-electron chi connectivity index (χ3n) is 3.71. The van der Waals surface area contributed by atoms with Gasteiger partial charge < -0.3 is 20.8 Å². The quantitative estimate of drug-likeness (QED) is 0.481. The van der Waals surface area contributed by atoms with Crippen LogP contribution in [-0.2, 0) is 14.4 Å². The number of piperazine rings is 1. The van der Waals surface area contributed by atoms with Crippen LogP contribution >= 0.6 is 0 Å². The van der Waals surface area contributed by atoms with E-state index in [1.165, 1.54) is 0 Å². The number of carbonyl (C=O) groups excluding carboxylic acids is 1. The van der Waals surface area contributed by atoms with Gasteiger partial charge in [0.05, 0.1) is 5.54 Å². The predicted octanol–water partition coefficient (Wildman–Crippen LogP) is -0.896. The molecule has 1 saturated heterocycles. The largest absolute Gasteiger partial charge is 0.481 e. The molecule has 4 N–H and O–H groups in total. The van der Waals surface area contributed by atoms with Gasteiger partial charge in [0.1, 0.15) is 6.04 Å². The van der Waals surface area contributed by atoms with Gasteiger partial charge in [-0.05, 0) is 20.3 Å². The highest BCUT2D eigenvalue weighted by Crippen LogP contribution is 2.16. The van der Waals surface area contributed by atoms with Crippen LogP contribution in [0, 0.1) is 0 Å². The Morgan fingerprint density at radius 2 is 1.81 bits per heavy atom. The first-order chi connectivity index (χ1) is 9.75. The lowest BCUT2D eigenvalue weighted by Crippen LogP contribution is -2.61. The first kappa shape index (κ1) is 17.4. The normalized spacial score (nSPS) is 18.0. The van der Waals surface area contributed by atoms with Crippen molar-refractivity contribution in [1.82, 2.24) is 15.5 Å². The molecule has 0 aromatic heterocycles. The van der Waals surface area contributed by atoms with E-state index in [4.69, 9.17) is 10.2 Å². The summed E-state index contributed by atoms with van der Waals surface area (Å²) in [4.78, 5) is 36.0. The Kier molecular flexibility index (Phi) is 6.10. The van der Waals surface area contributed by atoms with Crippen LogP contribution in [0.1, 0.15) is 26.7 Å². The van der Waals surface area contributed by atoms with Gasteiger partial charge in [-0.1, -0.05) is 0 Å². The fourth-order valence-electron chi connectivity index (χ4n) is 2.23. The molecule has 1 atom stereocenters. The van der Waals surface area contributed by atoms with E-state index < -0.39 is 29.4 Å². The van der Waals surface area contributed by atoms with Crippen LogP contribution in [0.15, 0.2) is 0 Å². The Labute approximate surface area is 123 Å². The smallest absolute Gasteiger partial charge is 0.326 e. The van der Waals surface area contributed by atoms with E-state index in [0.29, 0.717) is 13.1 Å². The summed E-state index contributed by atoms with van der Waals surface area (Å²) in [7, 11) is 0. The van der Waals surface area contributed by atoms with Gasteiger partial charge in [-0.25, -0.2) is 4.79 Å². The summed E-state index contributed by atoms with van der Waals surface area (Å²) in [5, 5.41) is 23.3. The number of carbonyl (C=O) groups is 3. The number of rotatable bonds is 7. The molecule has 1 rings (SSSR count). The van der Waals surface area contributed by atoms with Crippen molar-refractivity contribution in [1.29, 1.82) is 0 Å². The molecule has 8 heteroatoms. The van der Waals surface area contributed by atoms with Crippen LogP contribution in [0.2, 0.25) is 0 Å². The summed E-state index contributed by atoms with van der Waals surface area (Å²) in [6.07, 6.45) is -0.431.